The van der Waals surface area contributed by atoms with E-state index in [0.717, 1.165) is 29.3 Å². The Morgan fingerprint density at radius 2 is 1.69 bits per heavy atom. The van der Waals surface area contributed by atoms with E-state index in [1.54, 1.807) is 42.3 Å². The first-order chi connectivity index (χ1) is 28.6. The number of nitrogens with zero attached hydrogens (tertiary/aromatic N) is 3. The molecule has 0 saturated carbocycles. The van der Waals surface area contributed by atoms with Crippen LogP contribution in [-0.4, -0.2) is 101 Å². The second-order valence-electron chi connectivity index (χ2n) is 16.1. The van der Waals surface area contributed by atoms with Gasteiger partial charge in [0.1, 0.15) is 17.6 Å². The first-order valence-corrected chi connectivity index (χ1v) is 20.3. The van der Waals surface area contributed by atoms with E-state index in [9.17, 15) is 45.5 Å². The van der Waals surface area contributed by atoms with Gasteiger partial charge < -0.3 is 29.4 Å². The zero-order chi connectivity index (χ0) is 44.5. The van der Waals surface area contributed by atoms with E-state index in [2.05, 4.69) is 24.9 Å². The van der Waals surface area contributed by atoms with E-state index >= 15 is 4.39 Å². The number of H-pyrrole nitrogens is 1. The number of thiazole rings is 1. The number of fused-ring (bicyclic) bond motifs is 1. The summed E-state index contributed by atoms with van der Waals surface area (Å²) in [6, 6.07) is 8.79. The minimum Gasteiger partial charge on any atom is -0.449 e. The van der Waals surface area contributed by atoms with Gasteiger partial charge in [0, 0.05) is 78.6 Å². The second-order valence-corrected chi connectivity index (χ2v) is 17.0. The number of likely N-dealkylation sites (tertiary alicyclic amines) is 1. The molecule has 0 unspecified atom stereocenters. The molecule has 2 saturated heterocycles. The SMILES string of the molecule is CC(C)c1nc(C(=O)N2CCOC3(CCN(Cc4cccc(C(C)(C)CNC[C@H](OC(=O)C(F)(F)F)c5ccc(OC(=O)C(F)(F)F)c6[nH]c(=O)ccc56)c4F)CC3)C2)cs1. The van der Waals surface area contributed by atoms with Gasteiger partial charge in [-0.05, 0) is 30.5 Å². The fraction of sp³-hybridized carbons (Fsp3) is 0.488. The topological polar surface area (TPSA) is 143 Å². The maximum atomic E-state index is 16.3. The highest BCUT2D eigenvalue weighted by Gasteiger charge is 2.44. The number of aromatic amines is 1. The average Bonchev–Trinajstić information content (AvgIpc) is 3.69. The van der Waals surface area contributed by atoms with Crippen LogP contribution in [0.2, 0.25) is 0 Å². The Morgan fingerprint density at radius 1 is 0.984 bits per heavy atom. The number of morpholine rings is 1. The van der Waals surface area contributed by atoms with Crippen LogP contribution in [-0.2, 0) is 31.0 Å². The number of ether oxygens (including phenoxy) is 3. The normalized spacial score (nSPS) is 16.9. The maximum Gasteiger partial charge on any atom is 0.491 e. The molecule has 6 rings (SSSR count). The number of benzene rings is 2. The molecule has 0 bridgehead atoms. The Balaban J connectivity index is 1.13. The van der Waals surface area contributed by atoms with Crippen molar-refractivity contribution in [1.29, 1.82) is 0 Å². The number of carbonyl (C=O) groups is 3. The number of aromatic nitrogens is 2. The summed E-state index contributed by atoms with van der Waals surface area (Å²) in [7, 11) is 0. The van der Waals surface area contributed by atoms with Crippen LogP contribution in [0.25, 0.3) is 10.9 Å². The Bertz CT molecular complexity index is 2320. The number of rotatable bonds is 12. The van der Waals surface area contributed by atoms with E-state index in [1.807, 2.05) is 13.8 Å². The number of piperidine rings is 1. The minimum atomic E-state index is -5.43. The molecular weight excluding hydrogens is 840 g/mol. The number of hydrogen-bond donors (Lipinski definition) is 2. The highest BCUT2D eigenvalue weighted by atomic mass is 32.1. The minimum absolute atomic E-state index is 0.0536. The van der Waals surface area contributed by atoms with Crippen LogP contribution < -0.4 is 15.6 Å². The monoisotopic (exact) mass is 883 g/mol. The van der Waals surface area contributed by atoms with Crippen LogP contribution in [0.3, 0.4) is 0 Å². The Kier molecular flexibility index (Phi) is 13.3. The lowest BCUT2D eigenvalue weighted by molar-refractivity contribution is -0.205. The van der Waals surface area contributed by atoms with Gasteiger partial charge in [-0.1, -0.05) is 52.0 Å². The molecule has 4 heterocycles. The van der Waals surface area contributed by atoms with Gasteiger partial charge >= 0.3 is 24.3 Å². The van der Waals surface area contributed by atoms with Crippen molar-refractivity contribution in [2.45, 2.75) is 82.5 Å². The molecular formula is C41H44F7N5O7S. The summed E-state index contributed by atoms with van der Waals surface area (Å²) in [5, 5.41) is 5.45. The van der Waals surface area contributed by atoms with Crippen LogP contribution in [0.5, 0.6) is 5.75 Å². The number of hydrogen-bond acceptors (Lipinski definition) is 11. The molecule has 2 fully saturated rings. The fourth-order valence-electron chi connectivity index (χ4n) is 7.51. The van der Waals surface area contributed by atoms with Gasteiger partial charge in [0.2, 0.25) is 5.56 Å². The Labute approximate surface area is 349 Å². The van der Waals surface area contributed by atoms with Crippen molar-refractivity contribution in [1.82, 2.24) is 25.1 Å². The quantitative estimate of drug-likeness (QED) is 0.0874. The van der Waals surface area contributed by atoms with E-state index in [1.165, 1.54) is 11.3 Å². The molecule has 2 aromatic heterocycles. The van der Waals surface area contributed by atoms with Gasteiger partial charge in [0.25, 0.3) is 5.91 Å². The lowest BCUT2D eigenvalue weighted by Gasteiger charge is -2.47. The first-order valence-electron chi connectivity index (χ1n) is 19.4. The highest BCUT2D eigenvalue weighted by Crippen LogP contribution is 2.36. The van der Waals surface area contributed by atoms with Crippen molar-refractivity contribution in [2.75, 3.05) is 45.9 Å². The van der Waals surface area contributed by atoms with Crippen LogP contribution in [0, 0.1) is 5.82 Å². The molecule has 1 spiro atoms. The fourth-order valence-corrected chi connectivity index (χ4v) is 8.32. The van der Waals surface area contributed by atoms with Gasteiger partial charge in [0.05, 0.1) is 29.3 Å². The highest BCUT2D eigenvalue weighted by molar-refractivity contribution is 7.09. The summed E-state index contributed by atoms with van der Waals surface area (Å²) in [5.41, 5.74) is -1.86. The number of esters is 2. The molecule has 20 heteroatoms. The van der Waals surface area contributed by atoms with Crippen molar-refractivity contribution in [3.8, 4) is 5.75 Å². The van der Waals surface area contributed by atoms with Crippen LogP contribution in [0.1, 0.15) is 84.7 Å². The van der Waals surface area contributed by atoms with E-state index in [0.29, 0.717) is 62.4 Å². The van der Waals surface area contributed by atoms with Crippen LogP contribution in [0.15, 0.2) is 52.6 Å². The van der Waals surface area contributed by atoms with E-state index < -0.39 is 70.6 Å². The van der Waals surface area contributed by atoms with Gasteiger partial charge in [-0.2, -0.15) is 26.3 Å². The number of pyridine rings is 1. The molecule has 330 valence electrons. The van der Waals surface area contributed by atoms with Gasteiger partial charge in [-0.15, -0.1) is 11.3 Å². The third-order valence-electron chi connectivity index (χ3n) is 10.8. The van der Waals surface area contributed by atoms with Gasteiger partial charge in [-0.25, -0.2) is 19.0 Å². The maximum absolute atomic E-state index is 16.3. The van der Waals surface area contributed by atoms with Crippen LogP contribution in [0.4, 0.5) is 30.7 Å². The zero-order valence-corrected chi connectivity index (χ0v) is 34.4. The first kappa shape index (κ1) is 45.6. The molecule has 2 aliphatic rings. The molecule has 2 N–H and O–H groups in total. The lowest BCUT2D eigenvalue weighted by atomic mass is 9.83. The summed E-state index contributed by atoms with van der Waals surface area (Å²) in [6.45, 7) is 9.62. The van der Waals surface area contributed by atoms with Gasteiger partial charge in [0.15, 0.2) is 5.75 Å². The molecule has 4 aromatic rings. The summed E-state index contributed by atoms with van der Waals surface area (Å²) in [5.74, 6) is -6.32. The van der Waals surface area contributed by atoms with Crippen molar-refractivity contribution in [3.05, 3.63) is 91.4 Å². The number of carbonyl (C=O) groups excluding carboxylic acids is 3. The third-order valence-corrected chi connectivity index (χ3v) is 11.9. The predicted molar refractivity (Wildman–Crippen MR) is 209 cm³/mol. The van der Waals surface area contributed by atoms with E-state index in [4.69, 9.17) is 9.47 Å². The Hall–Kier alpha value is -4.92. The largest absolute Gasteiger partial charge is 0.491 e. The predicted octanol–water partition coefficient (Wildman–Crippen LogP) is 6.94. The number of halogens is 7. The summed E-state index contributed by atoms with van der Waals surface area (Å²) >= 11 is 1.46. The number of amides is 1. The number of alkyl halides is 6. The molecule has 2 aromatic carbocycles. The standard InChI is InChI=1S/C41H44F7N5O7S/c1-23(2)34-50-28(20-61-34)35(55)53-16-17-58-39(22-53)12-14-52(15-13-39)19-24-6-5-7-27(32(24)42)38(3,4)21-49-18-30(60-37(57)41(46,47)48)25-8-10-29(59-36(56)40(43,44)45)33-26(25)9-11-31(54)51-33/h5-11,20,23,30,49H,12-19,21-22H2,1-4H3,(H,51,54)/t30-/m0/s1. The van der Waals surface area contributed by atoms with Crippen molar-refractivity contribution in [3.63, 3.8) is 0 Å². The molecule has 0 aliphatic carbocycles. The molecule has 12 nitrogen and oxygen atoms in total. The zero-order valence-electron chi connectivity index (χ0n) is 33.6. The van der Waals surface area contributed by atoms with Crippen molar-refractivity contribution in [2.24, 2.45) is 0 Å². The smallest absolute Gasteiger partial charge is 0.449 e. The molecule has 0 radical (unpaired) electrons. The summed E-state index contributed by atoms with van der Waals surface area (Å²) in [4.78, 5) is 59.8. The second kappa shape index (κ2) is 17.8. The summed E-state index contributed by atoms with van der Waals surface area (Å²) in [6.07, 6.45) is -11.3. The van der Waals surface area contributed by atoms with Crippen molar-refractivity contribution >= 4 is 40.1 Å². The van der Waals surface area contributed by atoms with Gasteiger partial charge in [-0.3, -0.25) is 14.5 Å². The molecule has 61 heavy (non-hydrogen) atoms. The molecule has 1 amide bonds. The average molecular weight is 884 g/mol. The Morgan fingerprint density at radius 3 is 2.34 bits per heavy atom. The molecule has 2 aliphatic heterocycles. The van der Waals surface area contributed by atoms with E-state index in [-0.39, 0.29) is 35.9 Å². The third kappa shape index (κ3) is 10.6. The molecule has 1 atom stereocenters. The number of nitrogens with one attached hydrogen (secondary N) is 2. The lowest BCUT2D eigenvalue weighted by Crippen LogP contribution is -2.58. The summed E-state index contributed by atoms with van der Waals surface area (Å²) < 4.78 is 111. The van der Waals surface area contributed by atoms with Crippen molar-refractivity contribution < 1.29 is 59.3 Å². The van der Waals surface area contributed by atoms with Crippen LogP contribution >= 0.6 is 11.3 Å².